The van der Waals surface area contributed by atoms with Gasteiger partial charge >= 0.3 is 0 Å². The molecule has 2 aromatic carbocycles. The monoisotopic (exact) mass is 373 g/mol. The van der Waals surface area contributed by atoms with E-state index in [1.54, 1.807) is 18.2 Å². The molecule has 0 aliphatic carbocycles. The lowest BCUT2D eigenvalue weighted by Gasteiger charge is -2.12. The minimum atomic E-state index is 0.552. The summed E-state index contributed by atoms with van der Waals surface area (Å²) in [5.41, 5.74) is 1.08. The van der Waals surface area contributed by atoms with Crippen molar-refractivity contribution in [2.75, 3.05) is 6.54 Å². The molecule has 0 aliphatic heterocycles. The second-order valence-corrected chi connectivity index (χ2v) is 6.03. The average molecular weight is 375 g/mol. The molecule has 0 spiro atoms. The quantitative estimate of drug-likeness (QED) is 0.729. The van der Waals surface area contributed by atoms with Crippen molar-refractivity contribution in [1.29, 1.82) is 0 Å². The van der Waals surface area contributed by atoms with Crippen molar-refractivity contribution in [1.82, 2.24) is 5.32 Å². The Balaban J connectivity index is 2.28. The van der Waals surface area contributed by atoms with Gasteiger partial charge in [0.05, 0.1) is 0 Å². The maximum absolute atomic E-state index is 5.98. The van der Waals surface area contributed by atoms with Crippen molar-refractivity contribution in [3.05, 3.63) is 56.5 Å². The van der Waals surface area contributed by atoms with Crippen molar-refractivity contribution < 1.29 is 4.74 Å². The van der Waals surface area contributed by atoms with Crippen LogP contribution in [0.5, 0.6) is 11.5 Å². The lowest BCUT2D eigenvalue weighted by Crippen LogP contribution is -2.12. The van der Waals surface area contributed by atoms with E-state index in [-0.39, 0.29) is 0 Å². The first-order chi connectivity index (χ1) is 9.58. The Hall–Kier alpha value is -0.740. The van der Waals surface area contributed by atoms with Crippen molar-refractivity contribution in [3.8, 4) is 11.5 Å². The van der Waals surface area contributed by atoms with Crippen LogP contribution in [0.1, 0.15) is 12.5 Å². The zero-order valence-corrected chi connectivity index (χ0v) is 14.0. The Kier molecular flexibility index (Phi) is 5.73. The van der Waals surface area contributed by atoms with Crippen molar-refractivity contribution >= 4 is 39.1 Å². The van der Waals surface area contributed by atoms with E-state index in [1.165, 1.54) is 0 Å². The minimum absolute atomic E-state index is 0.552. The zero-order chi connectivity index (χ0) is 14.5. The molecule has 1 N–H and O–H groups in total. The van der Waals surface area contributed by atoms with Gasteiger partial charge in [-0.15, -0.1) is 0 Å². The number of halogens is 3. The third-order valence-electron chi connectivity index (χ3n) is 2.66. The van der Waals surface area contributed by atoms with Gasteiger partial charge in [-0.1, -0.05) is 52.1 Å². The largest absolute Gasteiger partial charge is 0.457 e. The molecule has 0 bridgehead atoms. The van der Waals surface area contributed by atoms with Gasteiger partial charge in [0.25, 0.3) is 0 Å². The molecule has 2 aromatic rings. The van der Waals surface area contributed by atoms with Gasteiger partial charge < -0.3 is 10.1 Å². The van der Waals surface area contributed by atoms with E-state index >= 15 is 0 Å². The highest BCUT2D eigenvalue weighted by molar-refractivity contribution is 9.10. The number of benzene rings is 2. The smallest absolute Gasteiger partial charge is 0.133 e. The molecule has 0 saturated carbocycles. The number of ether oxygens (including phenoxy) is 1. The van der Waals surface area contributed by atoms with Crippen molar-refractivity contribution in [3.63, 3.8) is 0 Å². The van der Waals surface area contributed by atoms with Crippen molar-refractivity contribution in [2.24, 2.45) is 0 Å². The number of rotatable bonds is 5. The molecule has 5 heteroatoms. The molecule has 106 valence electrons. The maximum Gasteiger partial charge on any atom is 0.133 e. The van der Waals surface area contributed by atoms with Crippen LogP contribution in [0.25, 0.3) is 0 Å². The highest BCUT2D eigenvalue weighted by atomic mass is 79.9. The van der Waals surface area contributed by atoms with Crippen LogP contribution in [0, 0.1) is 0 Å². The fourth-order valence-corrected chi connectivity index (χ4v) is 2.59. The summed E-state index contributed by atoms with van der Waals surface area (Å²) in [6.07, 6.45) is 0. The lowest BCUT2D eigenvalue weighted by atomic mass is 10.2. The molecule has 0 heterocycles. The van der Waals surface area contributed by atoms with E-state index in [4.69, 9.17) is 27.9 Å². The summed E-state index contributed by atoms with van der Waals surface area (Å²) in [4.78, 5) is 0. The molecule has 2 rings (SSSR count). The third kappa shape index (κ3) is 4.38. The molecule has 0 aromatic heterocycles. The summed E-state index contributed by atoms with van der Waals surface area (Å²) in [6.45, 7) is 3.71. The topological polar surface area (TPSA) is 21.3 Å². The van der Waals surface area contributed by atoms with Crippen LogP contribution in [0.15, 0.2) is 40.9 Å². The van der Waals surface area contributed by atoms with E-state index in [2.05, 4.69) is 28.2 Å². The summed E-state index contributed by atoms with van der Waals surface area (Å²) >= 11 is 15.4. The predicted octanol–water partition coefficient (Wildman–Crippen LogP) is 5.66. The number of hydrogen-bond acceptors (Lipinski definition) is 2. The SMILES string of the molecule is CCNCc1ccc(Br)cc1Oc1cc(Cl)cc(Cl)c1. The van der Waals surface area contributed by atoms with Gasteiger partial charge in [0.2, 0.25) is 0 Å². The van der Waals surface area contributed by atoms with Gasteiger partial charge in [-0.2, -0.15) is 0 Å². The van der Waals surface area contributed by atoms with Gasteiger partial charge in [0, 0.05) is 26.6 Å². The molecule has 0 unspecified atom stereocenters. The summed E-state index contributed by atoms with van der Waals surface area (Å²) in [6, 6.07) is 11.1. The fraction of sp³-hybridized carbons (Fsp3) is 0.200. The normalized spacial score (nSPS) is 10.6. The summed E-state index contributed by atoms with van der Waals surface area (Å²) in [5, 5.41) is 4.39. The average Bonchev–Trinajstić information content (AvgIpc) is 2.36. The molecule has 0 aliphatic rings. The Labute approximate surface area is 137 Å². The standard InChI is InChI=1S/C15H14BrCl2NO/c1-2-19-9-10-3-4-11(16)5-15(10)20-14-7-12(17)6-13(18)8-14/h3-8,19H,2,9H2,1H3. The lowest BCUT2D eigenvalue weighted by molar-refractivity contribution is 0.473. The summed E-state index contributed by atoms with van der Waals surface area (Å²) in [5.74, 6) is 1.40. The molecule has 20 heavy (non-hydrogen) atoms. The Morgan fingerprint density at radius 1 is 1.10 bits per heavy atom. The second-order valence-electron chi connectivity index (χ2n) is 4.24. The second kappa shape index (κ2) is 7.32. The predicted molar refractivity (Wildman–Crippen MR) is 88.1 cm³/mol. The van der Waals surface area contributed by atoms with Crippen LogP contribution in [0.2, 0.25) is 10.0 Å². The van der Waals surface area contributed by atoms with Crippen LogP contribution in [-0.4, -0.2) is 6.54 Å². The molecule has 0 fully saturated rings. The first-order valence-electron chi connectivity index (χ1n) is 6.21. The van der Waals surface area contributed by atoms with Gasteiger partial charge in [-0.25, -0.2) is 0 Å². The van der Waals surface area contributed by atoms with E-state index in [0.29, 0.717) is 15.8 Å². The first-order valence-corrected chi connectivity index (χ1v) is 7.76. The molecule has 0 saturated heterocycles. The zero-order valence-electron chi connectivity index (χ0n) is 10.9. The van der Waals surface area contributed by atoms with Crippen LogP contribution >= 0.6 is 39.1 Å². The summed E-state index contributed by atoms with van der Waals surface area (Å²) in [7, 11) is 0. The van der Waals surface area contributed by atoms with E-state index in [1.807, 2.05) is 18.2 Å². The van der Waals surface area contributed by atoms with Crippen LogP contribution in [0.3, 0.4) is 0 Å². The van der Waals surface area contributed by atoms with Gasteiger partial charge in [0.1, 0.15) is 11.5 Å². The molecule has 0 radical (unpaired) electrons. The minimum Gasteiger partial charge on any atom is -0.457 e. The number of nitrogens with one attached hydrogen (secondary N) is 1. The molecule has 0 atom stereocenters. The van der Waals surface area contributed by atoms with Crippen molar-refractivity contribution in [2.45, 2.75) is 13.5 Å². The number of hydrogen-bond donors (Lipinski definition) is 1. The van der Waals surface area contributed by atoms with Gasteiger partial charge in [-0.3, -0.25) is 0 Å². The highest BCUT2D eigenvalue weighted by Crippen LogP contribution is 2.32. The maximum atomic E-state index is 5.98. The Morgan fingerprint density at radius 2 is 1.80 bits per heavy atom. The Morgan fingerprint density at radius 3 is 2.45 bits per heavy atom. The third-order valence-corrected chi connectivity index (χ3v) is 3.59. The van der Waals surface area contributed by atoms with Crippen LogP contribution in [-0.2, 0) is 6.54 Å². The highest BCUT2D eigenvalue weighted by Gasteiger charge is 2.07. The first kappa shape index (κ1) is 15.6. The van der Waals surface area contributed by atoms with Gasteiger partial charge in [0.15, 0.2) is 0 Å². The van der Waals surface area contributed by atoms with Crippen LogP contribution < -0.4 is 10.1 Å². The van der Waals surface area contributed by atoms with E-state index < -0.39 is 0 Å². The van der Waals surface area contributed by atoms with E-state index in [9.17, 15) is 0 Å². The van der Waals surface area contributed by atoms with Gasteiger partial charge in [-0.05, 0) is 36.9 Å². The van der Waals surface area contributed by atoms with E-state index in [0.717, 1.165) is 28.9 Å². The molecule has 0 amide bonds. The Bertz CT molecular complexity index is 584. The molecular formula is C15H14BrCl2NO. The fourth-order valence-electron chi connectivity index (χ4n) is 1.74. The summed E-state index contributed by atoms with van der Waals surface area (Å²) < 4.78 is 6.87. The molecule has 2 nitrogen and oxygen atoms in total. The van der Waals surface area contributed by atoms with Crippen LogP contribution in [0.4, 0.5) is 0 Å². The molecular weight excluding hydrogens is 361 g/mol.